The second-order valence-electron chi connectivity index (χ2n) is 5.15. The third-order valence-corrected chi connectivity index (χ3v) is 4.62. The van der Waals surface area contributed by atoms with E-state index in [1.165, 1.54) is 16.0 Å². The first kappa shape index (κ1) is 15.7. The molecule has 2 heterocycles. The predicted molar refractivity (Wildman–Crippen MR) is 91.9 cm³/mol. The highest BCUT2D eigenvalue weighted by Gasteiger charge is 2.12. The van der Waals surface area contributed by atoms with Crippen LogP contribution >= 0.6 is 22.9 Å². The molecule has 0 aliphatic rings. The number of benzene rings is 1. The SMILES string of the molecule is C[C@H](NC(=O)Cn1ncc2sccc2c1=O)c1ccc(Cl)cc1. The van der Waals surface area contributed by atoms with Crippen molar-refractivity contribution in [2.45, 2.75) is 19.5 Å². The Kier molecular flexibility index (Phi) is 4.45. The Morgan fingerprint density at radius 1 is 1.35 bits per heavy atom. The maximum Gasteiger partial charge on any atom is 0.275 e. The summed E-state index contributed by atoms with van der Waals surface area (Å²) in [6.45, 7) is 1.77. The molecule has 0 aliphatic heterocycles. The Hall–Kier alpha value is -2.18. The fourth-order valence-electron chi connectivity index (χ4n) is 2.28. The molecule has 1 N–H and O–H groups in total. The fourth-order valence-corrected chi connectivity index (χ4v) is 3.15. The highest BCUT2D eigenvalue weighted by atomic mass is 35.5. The molecule has 0 fully saturated rings. The predicted octanol–water partition coefficient (Wildman–Crippen LogP) is 2.99. The molecule has 3 aromatic rings. The van der Waals surface area contributed by atoms with Gasteiger partial charge < -0.3 is 5.32 Å². The van der Waals surface area contributed by atoms with Crippen molar-refractivity contribution in [3.05, 3.63) is 62.8 Å². The van der Waals surface area contributed by atoms with Crippen molar-refractivity contribution in [2.75, 3.05) is 0 Å². The zero-order valence-corrected chi connectivity index (χ0v) is 13.9. The molecule has 0 unspecified atom stereocenters. The molecule has 1 amide bonds. The smallest absolute Gasteiger partial charge is 0.275 e. The van der Waals surface area contributed by atoms with E-state index in [4.69, 9.17) is 11.6 Å². The van der Waals surface area contributed by atoms with E-state index in [9.17, 15) is 9.59 Å². The molecule has 23 heavy (non-hydrogen) atoms. The molecule has 118 valence electrons. The van der Waals surface area contributed by atoms with E-state index in [0.29, 0.717) is 10.4 Å². The number of aromatic nitrogens is 2. The average Bonchev–Trinajstić information content (AvgIpc) is 3.00. The van der Waals surface area contributed by atoms with Crippen LogP contribution in [0.4, 0.5) is 0 Å². The fraction of sp³-hybridized carbons (Fsp3) is 0.188. The van der Waals surface area contributed by atoms with Gasteiger partial charge in [-0.15, -0.1) is 11.3 Å². The number of fused-ring (bicyclic) bond motifs is 1. The summed E-state index contributed by atoms with van der Waals surface area (Å²) in [4.78, 5) is 24.4. The molecule has 0 aliphatic carbocycles. The van der Waals surface area contributed by atoms with Gasteiger partial charge in [-0.25, -0.2) is 4.68 Å². The highest BCUT2D eigenvalue weighted by molar-refractivity contribution is 7.17. The minimum absolute atomic E-state index is 0.109. The van der Waals surface area contributed by atoms with E-state index in [0.717, 1.165) is 10.3 Å². The van der Waals surface area contributed by atoms with Gasteiger partial charge in [0.05, 0.1) is 22.3 Å². The average molecular weight is 348 g/mol. The summed E-state index contributed by atoms with van der Waals surface area (Å²) in [5.74, 6) is -0.267. The van der Waals surface area contributed by atoms with E-state index in [1.54, 1.807) is 24.4 Å². The summed E-state index contributed by atoms with van der Waals surface area (Å²) in [7, 11) is 0. The lowest BCUT2D eigenvalue weighted by molar-refractivity contribution is -0.122. The number of amides is 1. The first-order valence-electron chi connectivity index (χ1n) is 7.03. The molecule has 0 radical (unpaired) electrons. The maximum atomic E-state index is 12.2. The molecule has 7 heteroatoms. The van der Waals surface area contributed by atoms with Gasteiger partial charge in [0.1, 0.15) is 6.54 Å². The van der Waals surface area contributed by atoms with Gasteiger partial charge in [-0.2, -0.15) is 5.10 Å². The minimum Gasteiger partial charge on any atom is -0.348 e. The van der Waals surface area contributed by atoms with Crippen LogP contribution < -0.4 is 10.9 Å². The molecule has 5 nitrogen and oxygen atoms in total. The number of nitrogens with zero attached hydrogens (tertiary/aromatic N) is 2. The van der Waals surface area contributed by atoms with Gasteiger partial charge in [0.15, 0.2) is 0 Å². The Morgan fingerprint density at radius 2 is 2.09 bits per heavy atom. The summed E-state index contributed by atoms with van der Waals surface area (Å²) in [6, 6.07) is 8.82. The van der Waals surface area contributed by atoms with Gasteiger partial charge in [0, 0.05) is 5.02 Å². The van der Waals surface area contributed by atoms with Crippen LogP contribution in [-0.4, -0.2) is 15.7 Å². The minimum atomic E-state index is -0.267. The van der Waals surface area contributed by atoms with Gasteiger partial charge in [-0.3, -0.25) is 9.59 Å². The van der Waals surface area contributed by atoms with Crippen LogP contribution in [0.2, 0.25) is 5.02 Å². The molecule has 0 bridgehead atoms. The van der Waals surface area contributed by atoms with E-state index in [2.05, 4.69) is 10.4 Å². The maximum absolute atomic E-state index is 12.2. The van der Waals surface area contributed by atoms with Gasteiger partial charge in [0.2, 0.25) is 5.91 Å². The first-order valence-corrected chi connectivity index (χ1v) is 8.28. The monoisotopic (exact) mass is 347 g/mol. The second kappa shape index (κ2) is 6.52. The largest absolute Gasteiger partial charge is 0.348 e. The summed E-state index contributed by atoms with van der Waals surface area (Å²) < 4.78 is 2.00. The lowest BCUT2D eigenvalue weighted by atomic mass is 10.1. The number of nitrogens with one attached hydrogen (secondary N) is 1. The molecular formula is C16H14ClN3O2S. The molecule has 3 rings (SSSR count). The molecule has 0 saturated heterocycles. The number of hydrogen-bond acceptors (Lipinski definition) is 4. The van der Waals surface area contributed by atoms with E-state index >= 15 is 0 Å². The Morgan fingerprint density at radius 3 is 2.83 bits per heavy atom. The summed E-state index contributed by atoms with van der Waals surface area (Å²) in [6.07, 6.45) is 1.61. The third kappa shape index (κ3) is 3.43. The lowest BCUT2D eigenvalue weighted by Gasteiger charge is -2.14. The van der Waals surface area contributed by atoms with E-state index in [1.807, 2.05) is 24.4 Å². The zero-order chi connectivity index (χ0) is 16.4. The summed E-state index contributed by atoms with van der Waals surface area (Å²) in [5, 5.41) is 9.97. The van der Waals surface area contributed by atoms with Gasteiger partial charge in [0.25, 0.3) is 5.56 Å². The van der Waals surface area contributed by atoms with Crippen LogP contribution in [0.3, 0.4) is 0 Å². The lowest BCUT2D eigenvalue weighted by Crippen LogP contribution is -2.34. The van der Waals surface area contributed by atoms with Crippen molar-refractivity contribution in [2.24, 2.45) is 0 Å². The van der Waals surface area contributed by atoms with Gasteiger partial charge >= 0.3 is 0 Å². The molecule has 0 saturated carbocycles. The molecule has 2 aromatic heterocycles. The van der Waals surface area contributed by atoms with E-state index in [-0.39, 0.29) is 24.1 Å². The topological polar surface area (TPSA) is 64.0 Å². The highest BCUT2D eigenvalue weighted by Crippen LogP contribution is 2.16. The zero-order valence-electron chi connectivity index (χ0n) is 12.3. The number of hydrogen-bond donors (Lipinski definition) is 1. The van der Waals surface area contributed by atoms with Crippen molar-refractivity contribution >= 4 is 38.9 Å². The van der Waals surface area contributed by atoms with Crippen molar-refractivity contribution in [1.82, 2.24) is 15.1 Å². The third-order valence-electron chi connectivity index (χ3n) is 3.52. The number of carbonyl (C=O) groups excluding carboxylic acids is 1. The van der Waals surface area contributed by atoms with Gasteiger partial charge in [-0.1, -0.05) is 23.7 Å². The second-order valence-corrected chi connectivity index (χ2v) is 6.53. The van der Waals surface area contributed by atoms with Crippen molar-refractivity contribution in [1.29, 1.82) is 0 Å². The Bertz CT molecular complexity index is 902. The van der Waals surface area contributed by atoms with Crippen molar-refractivity contribution in [3.8, 4) is 0 Å². The number of carbonyl (C=O) groups is 1. The number of rotatable bonds is 4. The summed E-state index contributed by atoms with van der Waals surface area (Å²) >= 11 is 7.30. The van der Waals surface area contributed by atoms with Crippen LogP contribution in [0, 0.1) is 0 Å². The molecule has 1 aromatic carbocycles. The number of halogens is 1. The number of thiophene rings is 1. The van der Waals surface area contributed by atoms with Crippen LogP contribution in [0.1, 0.15) is 18.5 Å². The standard InChI is InChI=1S/C16H14ClN3O2S/c1-10(11-2-4-12(17)5-3-11)19-15(21)9-20-16(22)13-6-7-23-14(13)8-18-20/h2-8,10H,9H2,1H3,(H,19,21)/t10-/m0/s1. The van der Waals surface area contributed by atoms with Crippen LogP contribution in [-0.2, 0) is 11.3 Å². The quantitative estimate of drug-likeness (QED) is 0.789. The van der Waals surface area contributed by atoms with Crippen LogP contribution in [0.5, 0.6) is 0 Å². The van der Waals surface area contributed by atoms with Crippen LogP contribution in [0.15, 0.2) is 46.7 Å². The Labute approximate surface area is 141 Å². The van der Waals surface area contributed by atoms with Crippen molar-refractivity contribution < 1.29 is 4.79 Å². The van der Waals surface area contributed by atoms with E-state index < -0.39 is 0 Å². The Balaban J connectivity index is 1.72. The van der Waals surface area contributed by atoms with Gasteiger partial charge in [-0.05, 0) is 36.1 Å². The summed E-state index contributed by atoms with van der Waals surface area (Å²) in [5.41, 5.74) is 0.689. The molecule has 1 atom stereocenters. The first-order chi connectivity index (χ1) is 11.0. The normalized spacial score (nSPS) is 12.3. The molecule has 0 spiro atoms. The van der Waals surface area contributed by atoms with Crippen LogP contribution in [0.25, 0.3) is 10.1 Å². The van der Waals surface area contributed by atoms with Crippen molar-refractivity contribution in [3.63, 3.8) is 0 Å². The molecular weight excluding hydrogens is 334 g/mol.